The molecule has 0 bridgehead atoms. The van der Waals surface area contributed by atoms with E-state index in [2.05, 4.69) is 24.5 Å². The van der Waals surface area contributed by atoms with Crippen molar-refractivity contribution in [2.75, 3.05) is 6.54 Å². The summed E-state index contributed by atoms with van der Waals surface area (Å²) in [6.45, 7) is 17.2. The molecule has 2 unspecified atom stereocenters. The van der Waals surface area contributed by atoms with Crippen LogP contribution in [0.3, 0.4) is 0 Å². The number of benzene rings is 1. The molecule has 0 fully saturated rings. The van der Waals surface area contributed by atoms with E-state index in [9.17, 15) is 14.4 Å². The van der Waals surface area contributed by atoms with E-state index in [0.29, 0.717) is 6.54 Å². The van der Waals surface area contributed by atoms with E-state index in [1.165, 1.54) is 0 Å². The van der Waals surface area contributed by atoms with Crippen LogP contribution < -0.4 is 10.6 Å². The van der Waals surface area contributed by atoms with E-state index in [4.69, 9.17) is 4.74 Å². The fourth-order valence-electron chi connectivity index (χ4n) is 3.44. The fraction of sp³-hybridized carbons (Fsp3) is 0.654. The summed E-state index contributed by atoms with van der Waals surface area (Å²) >= 11 is 0. The molecule has 0 radical (unpaired) electrons. The Hall–Kier alpha value is -2.57. The summed E-state index contributed by atoms with van der Waals surface area (Å²) in [5.41, 5.74) is 0.516. The van der Waals surface area contributed by atoms with Crippen LogP contribution in [-0.4, -0.2) is 46.5 Å². The lowest BCUT2D eigenvalue weighted by Gasteiger charge is -2.42. The van der Waals surface area contributed by atoms with Gasteiger partial charge in [0.15, 0.2) is 0 Å². The van der Waals surface area contributed by atoms with Gasteiger partial charge in [-0.15, -0.1) is 0 Å². The summed E-state index contributed by atoms with van der Waals surface area (Å²) in [6, 6.07) is 6.06. The van der Waals surface area contributed by atoms with E-state index < -0.39 is 29.3 Å². The molecule has 0 heterocycles. The van der Waals surface area contributed by atoms with Gasteiger partial charge in [0.25, 0.3) is 0 Å². The van der Waals surface area contributed by atoms with Crippen molar-refractivity contribution in [1.82, 2.24) is 15.5 Å². The highest BCUT2D eigenvalue weighted by Gasteiger charge is 2.40. The molecule has 0 aromatic heterocycles. The Balaban J connectivity index is 3.33. The maximum atomic E-state index is 13.6. The lowest BCUT2D eigenvalue weighted by Crippen LogP contribution is -2.58. The number of aryl methyl sites for hydroxylation is 1. The Morgan fingerprint density at radius 2 is 1.58 bits per heavy atom. The second-order valence-electron chi connectivity index (χ2n) is 10.4. The van der Waals surface area contributed by atoms with Crippen LogP contribution in [0.5, 0.6) is 0 Å². The molecule has 0 aliphatic carbocycles. The number of carbonyl (C=O) groups is 3. The van der Waals surface area contributed by atoms with Crippen LogP contribution in [-0.2, 0) is 20.7 Å². The van der Waals surface area contributed by atoms with Gasteiger partial charge < -0.3 is 20.3 Å². The van der Waals surface area contributed by atoms with Crippen LogP contribution in [0.2, 0.25) is 0 Å². The lowest BCUT2D eigenvalue weighted by molar-refractivity contribution is -0.148. The Labute approximate surface area is 199 Å². The Bertz CT molecular complexity index is 791. The molecule has 2 atom stereocenters. The van der Waals surface area contributed by atoms with Crippen molar-refractivity contribution in [2.45, 2.75) is 105 Å². The number of alkyl carbamates (subject to hydrolysis) is 1. The van der Waals surface area contributed by atoms with Gasteiger partial charge >= 0.3 is 6.09 Å². The molecule has 33 heavy (non-hydrogen) atoms. The predicted molar refractivity (Wildman–Crippen MR) is 132 cm³/mol. The van der Waals surface area contributed by atoms with Gasteiger partial charge in [-0.2, -0.15) is 0 Å². The Kier molecular flexibility index (Phi) is 10.4. The number of nitrogens with one attached hydrogen (secondary N) is 2. The minimum Gasteiger partial charge on any atom is -0.444 e. The van der Waals surface area contributed by atoms with Crippen molar-refractivity contribution in [3.8, 4) is 0 Å². The SMILES string of the molecule is CCCCNC(=O)C(c1ccc(CC)cc1)N(C(=O)C(C)NC(=O)OC(C)(C)C)C(C)(C)C. The first-order valence-electron chi connectivity index (χ1n) is 11.9. The van der Waals surface area contributed by atoms with Gasteiger partial charge in [0.2, 0.25) is 11.8 Å². The highest BCUT2D eigenvalue weighted by Crippen LogP contribution is 2.30. The summed E-state index contributed by atoms with van der Waals surface area (Å²) in [5.74, 6) is -0.594. The smallest absolute Gasteiger partial charge is 0.408 e. The highest BCUT2D eigenvalue weighted by atomic mass is 16.6. The number of hydrogen-bond donors (Lipinski definition) is 2. The van der Waals surface area contributed by atoms with Crippen molar-refractivity contribution >= 4 is 17.9 Å². The first-order chi connectivity index (χ1) is 15.2. The number of unbranched alkanes of at least 4 members (excludes halogenated alkanes) is 1. The van der Waals surface area contributed by atoms with Crippen LogP contribution in [0.1, 0.15) is 92.3 Å². The lowest BCUT2D eigenvalue weighted by atomic mass is 9.94. The van der Waals surface area contributed by atoms with E-state index in [1.807, 2.05) is 45.0 Å². The van der Waals surface area contributed by atoms with Crippen LogP contribution >= 0.6 is 0 Å². The molecule has 3 amide bonds. The van der Waals surface area contributed by atoms with Crippen LogP contribution in [0.15, 0.2) is 24.3 Å². The second-order valence-corrected chi connectivity index (χ2v) is 10.4. The summed E-state index contributed by atoms with van der Waals surface area (Å²) in [5, 5.41) is 5.60. The zero-order valence-corrected chi connectivity index (χ0v) is 21.9. The average molecular weight is 462 g/mol. The molecular weight excluding hydrogens is 418 g/mol. The maximum absolute atomic E-state index is 13.6. The highest BCUT2D eigenvalue weighted by molar-refractivity contribution is 5.92. The third-order valence-corrected chi connectivity index (χ3v) is 5.10. The van der Waals surface area contributed by atoms with E-state index in [0.717, 1.165) is 30.4 Å². The van der Waals surface area contributed by atoms with Crippen molar-refractivity contribution in [3.63, 3.8) is 0 Å². The molecular formula is C26H43N3O4. The van der Waals surface area contributed by atoms with Crippen LogP contribution in [0.4, 0.5) is 4.79 Å². The predicted octanol–water partition coefficient (Wildman–Crippen LogP) is 4.75. The van der Waals surface area contributed by atoms with Gasteiger partial charge in [-0.1, -0.05) is 44.5 Å². The molecule has 7 heteroatoms. The molecule has 1 aromatic carbocycles. The van der Waals surface area contributed by atoms with E-state index in [-0.39, 0.29) is 11.8 Å². The summed E-state index contributed by atoms with van der Waals surface area (Å²) < 4.78 is 5.31. The van der Waals surface area contributed by atoms with Crippen molar-refractivity contribution in [1.29, 1.82) is 0 Å². The normalized spacial score (nSPS) is 13.6. The van der Waals surface area contributed by atoms with Crippen molar-refractivity contribution < 1.29 is 19.1 Å². The van der Waals surface area contributed by atoms with E-state index >= 15 is 0 Å². The van der Waals surface area contributed by atoms with Gasteiger partial charge in [0.1, 0.15) is 17.7 Å². The topological polar surface area (TPSA) is 87.7 Å². The van der Waals surface area contributed by atoms with Crippen molar-refractivity contribution in [2.24, 2.45) is 0 Å². The molecule has 186 valence electrons. The molecule has 0 saturated heterocycles. The molecule has 7 nitrogen and oxygen atoms in total. The van der Waals surface area contributed by atoms with Crippen molar-refractivity contribution in [3.05, 3.63) is 35.4 Å². The maximum Gasteiger partial charge on any atom is 0.408 e. The van der Waals surface area contributed by atoms with Gasteiger partial charge in [-0.25, -0.2) is 4.79 Å². The van der Waals surface area contributed by atoms with Gasteiger partial charge in [-0.3, -0.25) is 9.59 Å². The largest absolute Gasteiger partial charge is 0.444 e. The van der Waals surface area contributed by atoms with Gasteiger partial charge in [0, 0.05) is 12.1 Å². The zero-order valence-electron chi connectivity index (χ0n) is 21.9. The minimum atomic E-state index is -0.875. The molecule has 0 saturated carbocycles. The van der Waals surface area contributed by atoms with Gasteiger partial charge in [0.05, 0.1) is 0 Å². The van der Waals surface area contributed by atoms with Gasteiger partial charge in [-0.05, 0) is 72.4 Å². The number of ether oxygens (including phenoxy) is 1. The first kappa shape index (κ1) is 28.5. The van der Waals surface area contributed by atoms with E-state index in [1.54, 1.807) is 32.6 Å². The molecule has 1 rings (SSSR count). The number of hydrogen-bond acceptors (Lipinski definition) is 4. The Morgan fingerprint density at radius 3 is 2.03 bits per heavy atom. The first-order valence-corrected chi connectivity index (χ1v) is 11.9. The zero-order chi connectivity index (χ0) is 25.4. The number of amides is 3. The molecule has 0 aliphatic heterocycles. The molecule has 0 spiro atoms. The van der Waals surface area contributed by atoms with Crippen LogP contribution in [0, 0.1) is 0 Å². The summed E-state index contributed by atoms with van der Waals surface area (Å²) in [4.78, 5) is 40.9. The average Bonchev–Trinajstić information content (AvgIpc) is 2.69. The quantitative estimate of drug-likeness (QED) is 0.520. The third kappa shape index (κ3) is 9.06. The Morgan fingerprint density at radius 1 is 1.00 bits per heavy atom. The summed E-state index contributed by atoms with van der Waals surface area (Å²) in [6.07, 6.45) is 2.02. The summed E-state index contributed by atoms with van der Waals surface area (Å²) in [7, 11) is 0. The molecule has 0 aliphatic rings. The molecule has 2 N–H and O–H groups in total. The minimum absolute atomic E-state index is 0.236. The number of carbonyl (C=O) groups excluding carboxylic acids is 3. The fourth-order valence-corrected chi connectivity index (χ4v) is 3.44. The third-order valence-electron chi connectivity index (χ3n) is 5.10. The number of nitrogens with zero attached hydrogens (tertiary/aromatic N) is 1. The standard InChI is InChI=1S/C26H43N3O4/c1-10-12-17-27-22(30)21(20-15-13-19(11-2)14-16-20)29(25(4,5)6)23(31)18(3)28-24(32)33-26(7,8)9/h13-16,18,21H,10-12,17H2,1-9H3,(H,27,30)(H,28,32). The van der Waals surface area contributed by atoms with Crippen LogP contribution in [0.25, 0.3) is 0 Å². The monoisotopic (exact) mass is 461 g/mol. The molecule has 1 aromatic rings. The second kappa shape index (κ2) is 12.1. The number of rotatable bonds is 9.